The lowest BCUT2D eigenvalue weighted by molar-refractivity contribution is -0.115. The molecule has 4 rings (SSSR count). The van der Waals surface area contributed by atoms with Gasteiger partial charge in [0.2, 0.25) is 12.7 Å². The standard InChI is InChI=1S/C19H17ClN4O3S/c1-24(2)17-6-11(3-4-21-17)14-9-28-19(22-14)23-18(25)7-12-5-15-16(8-13(12)20)27-10-26-15/h3-6,8-9H,7,10H2,1-2H3,(H,22,23,25). The first-order valence-electron chi connectivity index (χ1n) is 8.47. The molecule has 1 aromatic carbocycles. The first kappa shape index (κ1) is 18.5. The topological polar surface area (TPSA) is 76.6 Å². The largest absolute Gasteiger partial charge is 0.454 e. The molecule has 144 valence electrons. The number of carbonyl (C=O) groups is 1. The van der Waals surface area contributed by atoms with Crippen molar-refractivity contribution < 1.29 is 14.3 Å². The Morgan fingerprint density at radius 3 is 2.86 bits per heavy atom. The zero-order valence-corrected chi connectivity index (χ0v) is 16.8. The van der Waals surface area contributed by atoms with E-state index in [1.54, 1.807) is 18.3 Å². The predicted octanol–water partition coefficient (Wildman–Crippen LogP) is 3.83. The summed E-state index contributed by atoms with van der Waals surface area (Å²) in [5, 5.41) is 5.72. The number of rotatable bonds is 5. The molecule has 7 nitrogen and oxygen atoms in total. The first-order chi connectivity index (χ1) is 13.5. The molecule has 0 radical (unpaired) electrons. The van der Waals surface area contributed by atoms with Gasteiger partial charge in [-0.2, -0.15) is 0 Å². The lowest BCUT2D eigenvalue weighted by Gasteiger charge is -2.11. The zero-order chi connectivity index (χ0) is 19.7. The summed E-state index contributed by atoms with van der Waals surface area (Å²) in [6, 6.07) is 7.24. The quantitative estimate of drug-likeness (QED) is 0.681. The maximum atomic E-state index is 12.4. The van der Waals surface area contributed by atoms with Crippen LogP contribution in [0.4, 0.5) is 10.9 Å². The number of hydrogen-bond acceptors (Lipinski definition) is 7. The maximum Gasteiger partial charge on any atom is 0.231 e. The summed E-state index contributed by atoms with van der Waals surface area (Å²) >= 11 is 7.61. The lowest BCUT2D eigenvalue weighted by atomic mass is 10.1. The number of anilines is 2. The molecule has 0 bridgehead atoms. The van der Waals surface area contributed by atoms with Crippen molar-refractivity contribution in [3.05, 3.63) is 46.4 Å². The zero-order valence-electron chi connectivity index (χ0n) is 15.2. The molecule has 1 N–H and O–H groups in total. The Hall–Kier alpha value is -2.84. The number of aromatic nitrogens is 2. The summed E-state index contributed by atoms with van der Waals surface area (Å²) in [6.07, 6.45) is 1.86. The first-order valence-corrected chi connectivity index (χ1v) is 9.72. The molecule has 0 saturated carbocycles. The van der Waals surface area contributed by atoms with Gasteiger partial charge in [-0.05, 0) is 23.8 Å². The molecular weight excluding hydrogens is 400 g/mol. The molecule has 0 aliphatic carbocycles. The number of nitrogens with one attached hydrogen (secondary N) is 1. The van der Waals surface area contributed by atoms with Gasteiger partial charge in [-0.1, -0.05) is 11.6 Å². The van der Waals surface area contributed by atoms with Gasteiger partial charge in [0, 0.05) is 42.3 Å². The highest BCUT2D eigenvalue weighted by Crippen LogP contribution is 2.37. The number of hydrogen-bond donors (Lipinski definition) is 1. The second-order valence-corrected chi connectivity index (χ2v) is 7.62. The average molecular weight is 417 g/mol. The molecule has 1 amide bonds. The van der Waals surface area contributed by atoms with Crippen LogP contribution in [0.3, 0.4) is 0 Å². The van der Waals surface area contributed by atoms with Gasteiger partial charge in [0.1, 0.15) is 5.82 Å². The Kier molecular flexibility index (Phi) is 5.06. The van der Waals surface area contributed by atoms with Gasteiger partial charge >= 0.3 is 0 Å². The fraction of sp³-hybridized carbons (Fsp3) is 0.211. The van der Waals surface area contributed by atoms with Crippen LogP contribution in [0.25, 0.3) is 11.3 Å². The highest BCUT2D eigenvalue weighted by Gasteiger charge is 2.18. The summed E-state index contributed by atoms with van der Waals surface area (Å²) in [4.78, 5) is 23.2. The number of thiazole rings is 1. The molecule has 0 fully saturated rings. The van der Waals surface area contributed by atoms with E-state index in [1.807, 2.05) is 36.5 Å². The number of benzene rings is 1. The number of nitrogens with zero attached hydrogens (tertiary/aromatic N) is 3. The normalized spacial score (nSPS) is 12.1. The van der Waals surface area contributed by atoms with Crippen molar-refractivity contribution in [1.82, 2.24) is 9.97 Å². The number of halogens is 1. The van der Waals surface area contributed by atoms with Gasteiger partial charge in [-0.15, -0.1) is 11.3 Å². The van der Waals surface area contributed by atoms with E-state index in [1.165, 1.54) is 11.3 Å². The summed E-state index contributed by atoms with van der Waals surface area (Å²) in [5.41, 5.74) is 2.39. The smallest absolute Gasteiger partial charge is 0.231 e. The van der Waals surface area contributed by atoms with Crippen molar-refractivity contribution in [1.29, 1.82) is 0 Å². The van der Waals surface area contributed by atoms with Gasteiger partial charge < -0.3 is 19.7 Å². The van der Waals surface area contributed by atoms with Crippen LogP contribution in [-0.4, -0.2) is 36.8 Å². The van der Waals surface area contributed by atoms with Gasteiger partial charge in [-0.3, -0.25) is 4.79 Å². The SMILES string of the molecule is CN(C)c1cc(-c2csc(NC(=O)Cc3cc4c(cc3Cl)OCO4)n2)ccn1. The van der Waals surface area contributed by atoms with Crippen LogP contribution in [-0.2, 0) is 11.2 Å². The molecule has 1 aliphatic heterocycles. The van der Waals surface area contributed by atoms with Crippen LogP contribution in [0, 0.1) is 0 Å². The number of carbonyl (C=O) groups excluding carboxylic acids is 1. The summed E-state index contributed by atoms with van der Waals surface area (Å²) in [5.74, 6) is 1.82. The van der Waals surface area contributed by atoms with Crippen LogP contribution in [0.2, 0.25) is 5.02 Å². The van der Waals surface area contributed by atoms with E-state index in [4.69, 9.17) is 21.1 Å². The maximum absolute atomic E-state index is 12.4. The van der Waals surface area contributed by atoms with E-state index < -0.39 is 0 Å². The molecule has 0 atom stereocenters. The fourth-order valence-corrected chi connectivity index (χ4v) is 3.67. The van der Waals surface area contributed by atoms with Gasteiger partial charge in [0.25, 0.3) is 0 Å². The molecule has 0 unspecified atom stereocenters. The average Bonchev–Trinajstić information content (AvgIpc) is 3.31. The third kappa shape index (κ3) is 3.88. The van der Waals surface area contributed by atoms with Crippen LogP contribution in [0.15, 0.2) is 35.8 Å². The second kappa shape index (κ2) is 7.65. The molecule has 9 heteroatoms. The molecular formula is C19H17ClN4O3S. The Bertz CT molecular complexity index is 1040. The van der Waals surface area contributed by atoms with Crippen LogP contribution < -0.4 is 19.7 Å². The second-order valence-electron chi connectivity index (χ2n) is 6.36. The molecule has 2 aromatic heterocycles. The predicted molar refractivity (Wildman–Crippen MR) is 110 cm³/mol. The number of ether oxygens (including phenoxy) is 2. The van der Waals surface area contributed by atoms with E-state index in [9.17, 15) is 4.79 Å². The van der Waals surface area contributed by atoms with Crippen molar-refractivity contribution in [2.75, 3.05) is 31.1 Å². The van der Waals surface area contributed by atoms with Crippen molar-refractivity contribution >= 4 is 39.8 Å². The minimum atomic E-state index is -0.203. The van der Waals surface area contributed by atoms with Crippen molar-refractivity contribution in [3.63, 3.8) is 0 Å². The Balaban J connectivity index is 1.46. The third-order valence-corrected chi connectivity index (χ3v) is 5.25. The van der Waals surface area contributed by atoms with Crippen LogP contribution in [0.1, 0.15) is 5.56 Å². The third-order valence-electron chi connectivity index (χ3n) is 4.14. The highest BCUT2D eigenvalue weighted by atomic mass is 35.5. The number of pyridine rings is 1. The minimum Gasteiger partial charge on any atom is -0.454 e. The van der Waals surface area contributed by atoms with Crippen LogP contribution in [0.5, 0.6) is 11.5 Å². The molecule has 0 saturated heterocycles. The monoisotopic (exact) mass is 416 g/mol. The summed E-state index contributed by atoms with van der Waals surface area (Å²) in [7, 11) is 3.86. The van der Waals surface area contributed by atoms with Crippen molar-refractivity contribution in [2.45, 2.75) is 6.42 Å². The van der Waals surface area contributed by atoms with Gasteiger partial charge in [0.15, 0.2) is 16.6 Å². The Morgan fingerprint density at radius 1 is 1.29 bits per heavy atom. The van der Waals surface area contributed by atoms with Crippen molar-refractivity contribution in [2.24, 2.45) is 0 Å². The molecule has 1 aliphatic rings. The van der Waals surface area contributed by atoms with E-state index >= 15 is 0 Å². The van der Waals surface area contributed by atoms with Crippen molar-refractivity contribution in [3.8, 4) is 22.8 Å². The van der Waals surface area contributed by atoms with Gasteiger partial charge in [-0.25, -0.2) is 9.97 Å². The highest BCUT2D eigenvalue weighted by molar-refractivity contribution is 7.14. The Morgan fingerprint density at radius 2 is 2.07 bits per heavy atom. The minimum absolute atomic E-state index is 0.115. The molecule has 0 spiro atoms. The van der Waals surface area contributed by atoms with E-state index in [2.05, 4.69) is 15.3 Å². The molecule has 3 aromatic rings. The van der Waals surface area contributed by atoms with Crippen LogP contribution >= 0.6 is 22.9 Å². The Labute approximate surface area is 170 Å². The van der Waals surface area contributed by atoms with E-state index in [-0.39, 0.29) is 19.1 Å². The number of fused-ring (bicyclic) bond motifs is 1. The lowest BCUT2D eigenvalue weighted by Crippen LogP contribution is -2.14. The molecule has 28 heavy (non-hydrogen) atoms. The molecule has 3 heterocycles. The van der Waals surface area contributed by atoms with Gasteiger partial charge in [0.05, 0.1) is 12.1 Å². The van der Waals surface area contributed by atoms with E-state index in [0.717, 1.165) is 17.1 Å². The van der Waals surface area contributed by atoms with E-state index in [0.29, 0.717) is 27.2 Å². The summed E-state index contributed by atoms with van der Waals surface area (Å²) < 4.78 is 10.6. The summed E-state index contributed by atoms with van der Waals surface area (Å²) in [6.45, 7) is 0.160. The fourth-order valence-electron chi connectivity index (χ4n) is 2.72. The number of amides is 1.